The summed E-state index contributed by atoms with van der Waals surface area (Å²) in [5.74, 6) is -8.38. The number of carboxylic acids is 2. The van der Waals surface area contributed by atoms with Crippen molar-refractivity contribution in [2.75, 3.05) is 18.9 Å². The van der Waals surface area contributed by atoms with Gasteiger partial charge in [0.15, 0.2) is 11.9 Å². The van der Waals surface area contributed by atoms with E-state index in [2.05, 4.69) is 15.6 Å². The monoisotopic (exact) mass is 716 g/mol. The summed E-state index contributed by atoms with van der Waals surface area (Å²) in [6, 6.07) is 8.90. The first-order valence-corrected chi connectivity index (χ1v) is 13.2. The molecule has 1 aliphatic carbocycles. The molecule has 0 heterocycles. The molecular formula is C26H28ClF7N8O6. The van der Waals surface area contributed by atoms with Crippen molar-refractivity contribution in [3.8, 4) is 0 Å². The lowest BCUT2D eigenvalue weighted by Gasteiger charge is -2.21. The number of aliphatic imine (C=N–C) groups is 1. The number of alkyl halides is 6. The lowest BCUT2D eigenvalue weighted by Crippen LogP contribution is -2.40. The van der Waals surface area contributed by atoms with Gasteiger partial charge in [0, 0.05) is 31.7 Å². The highest BCUT2D eigenvalue weighted by atomic mass is 35.5. The maximum atomic E-state index is 13.6. The Balaban J connectivity index is 0.000000687. The number of benzene rings is 2. The van der Waals surface area contributed by atoms with E-state index < -0.39 is 48.0 Å². The Hall–Kier alpha value is -5.34. The molecular weight excluding hydrogens is 689 g/mol. The van der Waals surface area contributed by atoms with Gasteiger partial charge >= 0.3 is 36.1 Å². The molecule has 2 atom stereocenters. The third-order valence-electron chi connectivity index (χ3n) is 5.99. The van der Waals surface area contributed by atoms with Gasteiger partial charge < -0.3 is 42.9 Å². The molecule has 0 aromatic heterocycles. The van der Waals surface area contributed by atoms with Crippen LogP contribution < -0.4 is 27.8 Å². The quantitative estimate of drug-likeness (QED) is 0.0937. The number of guanidine groups is 2. The summed E-state index contributed by atoms with van der Waals surface area (Å²) in [5.41, 5.74) is 19.3. The number of rotatable bonds is 6. The van der Waals surface area contributed by atoms with E-state index in [0.29, 0.717) is 13.0 Å². The van der Waals surface area contributed by atoms with Crippen LogP contribution in [0.2, 0.25) is 5.02 Å². The summed E-state index contributed by atoms with van der Waals surface area (Å²) in [4.78, 5) is 48.6. The molecule has 0 unspecified atom stereocenters. The largest absolute Gasteiger partial charge is 0.490 e. The van der Waals surface area contributed by atoms with Crippen molar-refractivity contribution in [1.82, 2.24) is 10.2 Å². The summed E-state index contributed by atoms with van der Waals surface area (Å²) in [6.45, 7) is 0.687. The molecule has 264 valence electrons. The molecule has 0 aliphatic heterocycles. The van der Waals surface area contributed by atoms with Gasteiger partial charge in [0.1, 0.15) is 5.82 Å². The van der Waals surface area contributed by atoms with Gasteiger partial charge in [0.25, 0.3) is 0 Å². The number of anilines is 1. The van der Waals surface area contributed by atoms with E-state index in [9.17, 15) is 40.3 Å². The van der Waals surface area contributed by atoms with Crippen LogP contribution in [0.1, 0.15) is 22.7 Å². The zero-order valence-electron chi connectivity index (χ0n) is 24.4. The standard InChI is InChI=1S/C22H26ClFN8O2.2C2HF3O2/c1-32(22(27)28)10-11-2-4-15-12(6-11)7-13(9-29-21(25)26)18(15)31-20(34)19(33)30-14-3-5-16(23)17(24)8-14;2*3-2(4,5)1(6)7/h2-6,8,13,18H,7,9-10H2,1H3,(H3,27,28)(H,30,33)(H,31,34)(H4,25,26,29);2*(H,6,7)/t13-,18-;;/m1../s1. The van der Waals surface area contributed by atoms with E-state index in [4.69, 9.17) is 54.0 Å². The number of aliphatic carboxylic acids is 2. The fraction of sp³-hybridized carbons (Fsp3) is 0.308. The third-order valence-corrected chi connectivity index (χ3v) is 6.30. The van der Waals surface area contributed by atoms with Crippen LogP contribution >= 0.6 is 11.6 Å². The molecule has 2 aromatic rings. The lowest BCUT2D eigenvalue weighted by atomic mass is 10.0. The first-order valence-electron chi connectivity index (χ1n) is 12.8. The van der Waals surface area contributed by atoms with Crippen molar-refractivity contribution in [2.45, 2.75) is 31.4 Å². The van der Waals surface area contributed by atoms with Gasteiger partial charge in [-0.15, -0.1) is 0 Å². The molecule has 0 spiro atoms. The second-order valence-corrected chi connectivity index (χ2v) is 10.1. The minimum Gasteiger partial charge on any atom is -0.475 e. The molecule has 2 aromatic carbocycles. The van der Waals surface area contributed by atoms with E-state index in [1.165, 1.54) is 12.1 Å². The number of halogens is 8. The third kappa shape index (κ3) is 13.2. The Kier molecular flexibility index (Phi) is 14.4. The molecule has 0 saturated carbocycles. The Morgan fingerprint density at radius 3 is 1.98 bits per heavy atom. The number of amides is 2. The number of carbonyl (C=O) groups is 4. The van der Waals surface area contributed by atoms with Crippen LogP contribution in [0.25, 0.3) is 0 Å². The van der Waals surface area contributed by atoms with Crippen molar-refractivity contribution in [2.24, 2.45) is 28.1 Å². The predicted molar refractivity (Wildman–Crippen MR) is 156 cm³/mol. The van der Waals surface area contributed by atoms with Gasteiger partial charge in [-0.05, 0) is 41.3 Å². The number of nitrogens with two attached hydrogens (primary N) is 3. The van der Waals surface area contributed by atoms with Crippen LogP contribution in [0.3, 0.4) is 0 Å². The smallest absolute Gasteiger partial charge is 0.475 e. The van der Waals surface area contributed by atoms with Crippen molar-refractivity contribution in [3.05, 3.63) is 63.9 Å². The summed E-state index contributed by atoms with van der Waals surface area (Å²) in [6.07, 6.45) is -9.60. The fourth-order valence-corrected chi connectivity index (χ4v) is 3.93. The number of nitrogens with one attached hydrogen (secondary N) is 3. The molecule has 1 aliphatic rings. The fourth-order valence-electron chi connectivity index (χ4n) is 3.81. The second kappa shape index (κ2) is 17.0. The molecule has 0 radical (unpaired) electrons. The van der Waals surface area contributed by atoms with Gasteiger partial charge in [-0.25, -0.2) is 14.0 Å². The first-order chi connectivity index (χ1) is 21.9. The maximum absolute atomic E-state index is 13.6. The van der Waals surface area contributed by atoms with Crippen LogP contribution in [-0.2, 0) is 32.1 Å². The average molecular weight is 717 g/mol. The number of fused-ring (bicyclic) bond motifs is 1. The van der Waals surface area contributed by atoms with E-state index >= 15 is 0 Å². The van der Waals surface area contributed by atoms with Crippen molar-refractivity contribution in [1.29, 1.82) is 5.41 Å². The minimum atomic E-state index is -5.08. The van der Waals surface area contributed by atoms with Gasteiger partial charge in [0.05, 0.1) is 11.1 Å². The van der Waals surface area contributed by atoms with Crippen molar-refractivity contribution < 1.29 is 60.1 Å². The summed E-state index contributed by atoms with van der Waals surface area (Å²) in [5, 5.41) is 26.8. The highest BCUT2D eigenvalue weighted by Crippen LogP contribution is 2.37. The molecule has 22 heteroatoms. The number of hydrogen-bond acceptors (Lipinski definition) is 6. The topological polar surface area (TPSA) is 250 Å². The van der Waals surface area contributed by atoms with Gasteiger partial charge in [-0.1, -0.05) is 29.8 Å². The molecule has 11 N–H and O–H groups in total. The molecule has 0 saturated heterocycles. The molecule has 0 bridgehead atoms. The SMILES string of the molecule is CN(Cc1ccc2c(c1)C[C@H](CN=C(N)N)[C@H]2NC(=O)C(=O)Nc1ccc(Cl)c(F)c1)C(=N)N.O=C(O)C(F)(F)F.O=C(O)C(F)(F)F. The molecule has 2 amide bonds. The van der Waals surface area contributed by atoms with E-state index in [1.807, 2.05) is 18.2 Å². The number of carbonyl (C=O) groups excluding carboxylic acids is 2. The number of carboxylic acid groups (broad SMARTS) is 2. The number of hydrogen-bond donors (Lipinski definition) is 8. The van der Waals surface area contributed by atoms with E-state index in [1.54, 1.807) is 11.9 Å². The Bertz CT molecular complexity index is 1530. The highest BCUT2D eigenvalue weighted by molar-refractivity contribution is 6.39. The maximum Gasteiger partial charge on any atom is 0.490 e. The summed E-state index contributed by atoms with van der Waals surface area (Å²) in [7, 11) is 1.71. The lowest BCUT2D eigenvalue weighted by molar-refractivity contribution is -0.193. The normalized spacial score (nSPS) is 14.9. The predicted octanol–water partition coefficient (Wildman–Crippen LogP) is 2.31. The van der Waals surface area contributed by atoms with Crippen molar-refractivity contribution >= 4 is 53.0 Å². The zero-order valence-corrected chi connectivity index (χ0v) is 25.2. The number of nitrogens with zero attached hydrogens (tertiary/aromatic N) is 2. The minimum absolute atomic E-state index is 0.0529. The van der Waals surface area contributed by atoms with Crippen molar-refractivity contribution in [3.63, 3.8) is 0 Å². The molecule has 48 heavy (non-hydrogen) atoms. The Morgan fingerprint density at radius 2 is 1.52 bits per heavy atom. The summed E-state index contributed by atoms with van der Waals surface area (Å²) < 4.78 is 77.1. The molecule has 3 rings (SSSR count). The molecule has 0 fully saturated rings. The van der Waals surface area contributed by atoms with Crippen LogP contribution in [0.4, 0.5) is 36.4 Å². The Morgan fingerprint density at radius 1 is 0.979 bits per heavy atom. The van der Waals surface area contributed by atoms with Gasteiger partial charge in [0.2, 0.25) is 0 Å². The highest BCUT2D eigenvalue weighted by Gasteiger charge is 2.39. The molecule has 14 nitrogen and oxygen atoms in total. The van der Waals surface area contributed by atoms with Crippen LogP contribution in [0.15, 0.2) is 41.4 Å². The van der Waals surface area contributed by atoms with E-state index in [0.717, 1.165) is 22.8 Å². The summed E-state index contributed by atoms with van der Waals surface area (Å²) >= 11 is 5.65. The van der Waals surface area contributed by atoms with E-state index in [-0.39, 0.29) is 35.1 Å². The second-order valence-electron chi connectivity index (χ2n) is 9.64. The van der Waals surface area contributed by atoms with Crippen LogP contribution in [0, 0.1) is 17.1 Å². The van der Waals surface area contributed by atoms with Crippen LogP contribution in [0.5, 0.6) is 0 Å². The van der Waals surface area contributed by atoms with Crippen LogP contribution in [-0.4, -0.2) is 76.7 Å². The van der Waals surface area contributed by atoms with Gasteiger partial charge in [-0.2, -0.15) is 26.3 Å². The first kappa shape index (κ1) is 40.7. The van der Waals surface area contributed by atoms with Gasteiger partial charge in [-0.3, -0.25) is 20.0 Å². The zero-order chi connectivity index (χ0) is 37.1. The Labute approximate surface area is 271 Å². The average Bonchev–Trinajstić information content (AvgIpc) is 3.29.